The lowest BCUT2D eigenvalue weighted by molar-refractivity contribution is -0.115. The number of hydrogen-bond acceptors (Lipinski definition) is 3. The minimum atomic E-state index is -0.506. The number of thioether (sulfide) groups is 1. The third-order valence-corrected chi connectivity index (χ3v) is 3.72. The van der Waals surface area contributed by atoms with Crippen molar-refractivity contribution in [2.75, 3.05) is 11.1 Å². The van der Waals surface area contributed by atoms with Crippen LogP contribution in [0, 0.1) is 5.82 Å². The predicted octanol–water partition coefficient (Wildman–Crippen LogP) is 2.66. The number of carbonyl (C=O) groups is 2. The average Bonchev–Trinajstić information content (AvgIpc) is 2.47. The van der Waals surface area contributed by atoms with Crippen molar-refractivity contribution in [1.82, 2.24) is 0 Å². The highest BCUT2D eigenvalue weighted by Crippen LogP contribution is 2.23. The summed E-state index contributed by atoms with van der Waals surface area (Å²) in [7, 11) is 0. The van der Waals surface area contributed by atoms with Gasteiger partial charge in [0, 0.05) is 4.90 Å². The lowest BCUT2D eigenvalue weighted by atomic mass is 10.2. The summed E-state index contributed by atoms with van der Waals surface area (Å²) in [6, 6.07) is 12.7. The minimum Gasteiger partial charge on any atom is -0.369 e. The highest BCUT2D eigenvalue weighted by atomic mass is 32.2. The number of para-hydroxylation sites is 1. The summed E-state index contributed by atoms with van der Waals surface area (Å²) in [6.07, 6.45) is 0. The van der Waals surface area contributed by atoms with E-state index in [0.29, 0.717) is 10.5 Å². The quantitative estimate of drug-likeness (QED) is 0.834. The molecule has 0 bridgehead atoms. The molecule has 0 unspecified atom stereocenters. The molecule has 0 aliphatic rings. The van der Waals surface area contributed by atoms with Crippen molar-refractivity contribution in [1.29, 1.82) is 0 Å². The minimum absolute atomic E-state index is 0.0734. The van der Waals surface area contributed by atoms with Crippen LogP contribution >= 0.6 is 11.8 Å². The summed E-state index contributed by atoms with van der Waals surface area (Å²) in [6.45, 7) is 0. The summed E-state index contributed by atoms with van der Waals surface area (Å²) in [5, 5.41) is 2.51. The molecule has 0 fully saturated rings. The van der Waals surface area contributed by atoms with E-state index in [0.717, 1.165) is 0 Å². The number of hydrogen-bond donors (Lipinski definition) is 2. The lowest BCUT2D eigenvalue weighted by Gasteiger charge is -2.09. The molecule has 4 nitrogen and oxygen atoms in total. The van der Waals surface area contributed by atoms with Gasteiger partial charge in [-0.1, -0.05) is 24.3 Å². The fourth-order valence-corrected chi connectivity index (χ4v) is 2.47. The highest BCUT2D eigenvalue weighted by molar-refractivity contribution is 8.00. The van der Waals surface area contributed by atoms with Crippen molar-refractivity contribution in [3.8, 4) is 0 Å². The van der Waals surface area contributed by atoms with Gasteiger partial charge in [0.1, 0.15) is 5.82 Å². The molecule has 6 heteroatoms. The number of amides is 2. The van der Waals surface area contributed by atoms with Crippen LogP contribution in [0.1, 0.15) is 10.4 Å². The fraction of sp³-hybridized carbons (Fsp3) is 0.0667. The molecule has 21 heavy (non-hydrogen) atoms. The van der Waals surface area contributed by atoms with Gasteiger partial charge < -0.3 is 11.1 Å². The Morgan fingerprint density at radius 3 is 2.48 bits per heavy atom. The van der Waals surface area contributed by atoms with Crippen molar-refractivity contribution in [3.63, 3.8) is 0 Å². The van der Waals surface area contributed by atoms with Gasteiger partial charge in [0.05, 0.1) is 17.0 Å². The van der Waals surface area contributed by atoms with E-state index in [1.807, 2.05) is 0 Å². The van der Waals surface area contributed by atoms with Crippen LogP contribution in [0.15, 0.2) is 53.4 Å². The first kappa shape index (κ1) is 15.1. The van der Waals surface area contributed by atoms with E-state index in [9.17, 15) is 14.0 Å². The standard InChI is InChI=1S/C15H13FN2O2S/c16-11-6-2-3-7-12(11)18-15(20)10-5-1-4-8-13(10)21-9-14(17)19/h1-8H,9H2,(H2,17,19)(H,18,20). The number of carbonyl (C=O) groups excluding carboxylic acids is 2. The van der Waals surface area contributed by atoms with E-state index >= 15 is 0 Å². The maximum absolute atomic E-state index is 13.5. The molecule has 0 radical (unpaired) electrons. The summed E-state index contributed by atoms with van der Waals surface area (Å²) in [5.74, 6) is -1.34. The van der Waals surface area contributed by atoms with Gasteiger partial charge in [-0.25, -0.2) is 4.39 Å². The van der Waals surface area contributed by atoms with Crippen molar-refractivity contribution >= 4 is 29.3 Å². The number of nitrogens with one attached hydrogen (secondary N) is 1. The van der Waals surface area contributed by atoms with E-state index in [1.165, 1.54) is 23.9 Å². The van der Waals surface area contributed by atoms with E-state index in [-0.39, 0.29) is 11.4 Å². The first-order valence-corrected chi connectivity index (χ1v) is 7.12. The van der Waals surface area contributed by atoms with Gasteiger partial charge in [-0.05, 0) is 24.3 Å². The Morgan fingerprint density at radius 2 is 1.76 bits per heavy atom. The zero-order valence-corrected chi connectivity index (χ0v) is 11.8. The molecule has 0 spiro atoms. The van der Waals surface area contributed by atoms with Crippen LogP contribution in [0.4, 0.5) is 10.1 Å². The Labute approximate surface area is 125 Å². The van der Waals surface area contributed by atoms with Crippen LogP contribution in [-0.2, 0) is 4.79 Å². The van der Waals surface area contributed by atoms with E-state index in [4.69, 9.17) is 5.73 Å². The van der Waals surface area contributed by atoms with Crippen molar-refractivity contribution in [3.05, 3.63) is 59.9 Å². The maximum atomic E-state index is 13.5. The van der Waals surface area contributed by atoms with Gasteiger partial charge in [-0.3, -0.25) is 9.59 Å². The molecule has 2 rings (SSSR count). The van der Waals surface area contributed by atoms with Gasteiger partial charge in [0.25, 0.3) is 5.91 Å². The first-order chi connectivity index (χ1) is 10.1. The van der Waals surface area contributed by atoms with Gasteiger partial charge in [0.2, 0.25) is 5.91 Å². The Morgan fingerprint density at radius 1 is 1.10 bits per heavy atom. The smallest absolute Gasteiger partial charge is 0.256 e. The van der Waals surface area contributed by atoms with Crippen molar-refractivity contribution in [2.45, 2.75) is 4.90 Å². The molecule has 0 atom stereocenters. The van der Waals surface area contributed by atoms with Gasteiger partial charge >= 0.3 is 0 Å². The number of halogens is 1. The van der Waals surface area contributed by atoms with Gasteiger partial charge in [-0.2, -0.15) is 0 Å². The third-order valence-electron chi connectivity index (χ3n) is 2.62. The largest absolute Gasteiger partial charge is 0.369 e. The molecule has 0 heterocycles. The fourth-order valence-electron chi connectivity index (χ4n) is 1.68. The molecule has 108 valence electrons. The lowest BCUT2D eigenvalue weighted by Crippen LogP contribution is -2.16. The Balaban J connectivity index is 2.19. The second kappa shape index (κ2) is 6.90. The molecular formula is C15H13FN2O2S. The summed E-state index contributed by atoms with van der Waals surface area (Å²) in [5.41, 5.74) is 5.58. The molecule has 2 aromatic rings. The summed E-state index contributed by atoms with van der Waals surface area (Å²) >= 11 is 1.17. The zero-order chi connectivity index (χ0) is 15.2. The Bertz CT molecular complexity index is 676. The maximum Gasteiger partial charge on any atom is 0.256 e. The van der Waals surface area contributed by atoms with Crippen LogP contribution in [-0.4, -0.2) is 17.6 Å². The molecule has 0 aliphatic heterocycles. The van der Waals surface area contributed by atoms with Crippen LogP contribution in [0.2, 0.25) is 0 Å². The number of nitrogens with two attached hydrogens (primary N) is 1. The molecule has 0 saturated carbocycles. The SMILES string of the molecule is NC(=O)CSc1ccccc1C(=O)Nc1ccccc1F. The number of primary amides is 1. The van der Waals surface area contributed by atoms with E-state index in [2.05, 4.69) is 5.32 Å². The molecule has 0 aliphatic carbocycles. The summed E-state index contributed by atoms with van der Waals surface area (Å²) in [4.78, 5) is 23.7. The number of rotatable bonds is 5. The second-order valence-electron chi connectivity index (χ2n) is 4.19. The average molecular weight is 304 g/mol. The monoisotopic (exact) mass is 304 g/mol. The molecule has 3 N–H and O–H groups in total. The summed E-state index contributed by atoms with van der Waals surface area (Å²) < 4.78 is 13.5. The van der Waals surface area contributed by atoms with Crippen LogP contribution in [0.25, 0.3) is 0 Å². The van der Waals surface area contributed by atoms with Crippen LogP contribution < -0.4 is 11.1 Å². The Hall–Kier alpha value is -2.34. The van der Waals surface area contributed by atoms with Gasteiger partial charge in [-0.15, -0.1) is 11.8 Å². The van der Waals surface area contributed by atoms with E-state index in [1.54, 1.807) is 36.4 Å². The molecule has 2 amide bonds. The number of anilines is 1. The number of benzene rings is 2. The normalized spacial score (nSPS) is 10.1. The zero-order valence-electron chi connectivity index (χ0n) is 11.0. The van der Waals surface area contributed by atoms with Crippen LogP contribution in [0.5, 0.6) is 0 Å². The van der Waals surface area contributed by atoms with Crippen LogP contribution in [0.3, 0.4) is 0 Å². The van der Waals surface area contributed by atoms with E-state index < -0.39 is 17.6 Å². The van der Waals surface area contributed by atoms with Gasteiger partial charge in [0.15, 0.2) is 0 Å². The third kappa shape index (κ3) is 4.06. The van der Waals surface area contributed by atoms with Crippen molar-refractivity contribution in [2.24, 2.45) is 5.73 Å². The Kier molecular flexibility index (Phi) is 4.94. The topological polar surface area (TPSA) is 72.2 Å². The van der Waals surface area contributed by atoms with Crippen molar-refractivity contribution < 1.29 is 14.0 Å². The molecule has 0 aromatic heterocycles. The predicted molar refractivity (Wildman–Crippen MR) is 80.7 cm³/mol. The molecule has 0 saturated heterocycles. The first-order valence-electron chi connectivity index (χ1n) is 6.14. The molecule has 2 aromatic carbocycles. The highest BCUT2D eigenvalue weighted by Gasteiger charge is 2.13. The molecular weight excluding hydrogens is 291 g/mol. The second-order valence-corrected chi connectivity index (χ2v) is 5.20.